The molecule has 1 aromatic carbocycles. The lowest BCUT2D eigenvalue weighted by atomic mass is 9.68. The van der Waals surface area contributed by atoms with Crippen molar-refractivity contribution >= 4 is 21.6 Å². The van der Waals surface area contributed by atoms with Crippen molar-refractivity contribution in [2.75, 3.05) is 26.9 Å². The second-order valence-corrected chi connectivity index (χ2v) is 8.20. The highest BCUT2D eigenvalue weighted by atomic mass is 35.5. The number of halogens is 1. The first-order chi connectivity index (χ1) is 11.5. The molecule has 4 atom stereocenters. The van der Waals surface area contributed by atoms with Crippen LogP contribution in [0.15, 0.2) is 23.1 Å². The Morgan fingerprint density at radius 3 is 2.92 bits per heavy atom. The summed E-state index contributed by atoms with van der Waals surface area (Å²) in [6.45, 7) is 3.37. The molecular weight excluding hydrogens is 354 g/mol. The molecule has 1 N–H and O–H groups in total. The molecule has 134 valence electrons. The second kappa shape index (κ2) is 7.17. The predicted molar refractivity (Wildman–Crippen MR) is 89.9 cm³/mol. The van der Waals surface area contributed by atoms with Gasteiger partial charge in [0, 0.05) is 37.7 Å². The van der Waals surface area contributed by atoms with E-state index >= 15 is 0 Å². The quantitative estimate of drug-likeness (QED) is 0.789. The van der Waals surface area contributed by atoms with Gasteiger partial charge in [0.2, 0.25) is 10.0 Å². The van der Waals surface area contributed by atoms with Crippen molar-refractivity contribution in [2.45, 2.75) is 30.4 Å². The summed E-state index contributed by atoms with van der Waals surface area (Å²) in [6, 6.07) is 4.31. The van der Waals surface area contributed by atoms with Gasteiger partial charge < -0.3 is 14.2 Å². The van der Waals surface area contributed by atoms with Gasteiger partial charge in [-0.2, -0.15) is 0 Å². The van der Waals surface area contributed by atoms with Crippen molar-refractivity contribution in [3.63, 3.8) is 0 Å². The normalized spacial score (nSPS) is 29.1. The van der Waals surface area contributed by atoms with Gasteiger partial charge in [0.05, 0.1) is 29.2 Å². The number of benzene rings is 1. The maximum Gasteiger partial charge on any atom is 0.240 e. The molecule has 1 saturated carbocycles. The lowest BCUT2D eigenvalue weighted by molar-refractivity contribution is -0.0775. The Morgan fingerprint density at radius 1 is 1.42 bits per heavy atom. The standard InChI is InChI=1S/C16H22ClNO5S/c1-3-22-14-8-10(4-5-13(14)17)24(19,20)18-15-11-6-7-23-16(11)12(15)9-21-2/h4-5,8,11-12,15-16,18H,3,6-7,9H2,1-2H3/t11-,12+,15-,16-/m0/s1. The molecule has 0 aromatic heterocycles. The molecule has 0 unspecified atom stereocenters. The van der Waals surface area contributed by atoms with Crippen LogP contribution in [0.25, 0.3) is 0 Å². The van der Waals surface area contributed by atoms with Gasteiger partial charge in [0.15, 0.2) is 0 Å². The molecule has 0 amide bonds. The van der Waals surface area contributed by atoms with Gasteiger partial charge in [-0.3, -0.25) is 0 Å². The molecule has 1 aliphatic carbocycles. The summed E-state index contributed by atoms with van der Waals surface area (Å²) in [5, 5.41) is 0.390. The third-order valence-corrected chi connectivity index (χ3v) is 6.46. The molecule has 1 heterocycles. The number of hydrogen-bond acceptors (Lipinski definition) is 5. The Morgan fingerprint density at radius 2 is 2.21 bits per heavy atom. The summed E-state index contributed by atoms with van der Waals surface area (Å²) < 4.78 is 44.6. The first-order valence-electron chi connectivity index (χ1n) is 8.03. The third-order valence-electron chi connectivity index (χ3n) is 4.69. The molecule has 0 bridgehead atoms. The zero-order valence-corrected chi connectivity index (χ0v) is 15.3. The fourth-order valence-electron chi connectivity index (χ4n) is 3.56. The Labute approximate surface area is 147 Å². The molecule has 1 saturated heterocycles. The molecular formula is C16H22ClNO5S. The van der Waals surface area contributed by atoms with E-state index in [-0.39, 0.29) is 28.9 Å². The molecule has 2 fully saturated rings. The maximum absolute atomic E-state index is 12.8. The number of rotatable bonds is 7. The molecule has 8 heteroatoms. The Kier molecular flexibility index (Phi) is 5.36. The minimum absolute atomic E-state index is 0.0379. The van der Waals surface area contributed by atoms with Crippen LogP contribution in [0.4, 0.5) is 0 Å². The average Bonchev–Trinajstić information content (AvgIpc) is 2.97. The van der Waals surface area contributed by atoms with Crippen LogP contribution in [0.1, 0.15) is 13.3 Å². The predicted octanol–water partition coefficient (Wildman–Crippen LogP) is 2.07. The minimum atomic E-state index is -3.67. The van der Waals surface area contributed by atoms with Crippen molar-refractivity contribution in [1.29, 1.82) is 0 Å². The first kappa shape index (κ1) is 17.9. The number of nitrogens with one attached hydrogen (secondary N) is 1. The topological polar surface area (TPSA) is 73.9 Å². The minimum Gasteiger partial charge on any atom is -0.492 e. The molecule has 0 radical (unpaired) electrons. The van der Waals surface area contributed by atoms with E-state index in [1.165, 1.54) is 18.2 Å². The highest BCUT2D eigenvalue weighted by molar-refractivity contribution is 7.89. The van der Waals surface area contributed by atoms with Crippen LogP contribution in [0.2, 0.25) is 5.02 Å². The average molecular weight is 376 g/mol. The van der Waals surface area contributed by atoms with E-state index in [1.807, 2.05) is 6.92 Å². The number of ether oxygens (including phenoxy) is 3. The van der Waals surface area contributed by atoms with Gasteiger partial charge in [-0.1, -0.05) is 11.6 Å². The molecule has 2 aliphatic rings. The summed E-state index contributed by atoms with van der Waals surface area (Å²) in [6.07, 6.45) is 0.949. The maximum atomic E-state index is 12.8. The number of fused-ring (bicyclic) bond motifs is 1. The fourth-order valence-corrected chi connectivity index (χ4v) is 5.08. The van der Waals surface area contributed by atoms with Crippen molar-refractivity contribution in [3.8, 4) is 5.75 Å². The summed E-state index contributed by atoms with van der Waals surface area (Å²) in [7, 11) is -2.06. The van der Waals surface area contributed by atoms with Gasteiger partial charge in [-0.05, 0) is 25.5 Å². The summed E-state index contributed by atoms with van der Waals surface area (Å²) >= 11 is 6.03. The van der Waals surface area contributed by atoms with E-state index in [0.717, 1.165) is 6.42 Å². The Bertz CT molecular complexity index is 696. The molecule has 1 aromatic rings. The zero-order valence-electron chi connectivity index (χ0n) is 13.7. The summed E-state index contributed by atoms with van der Waals surface area (Å²) in [5.41, 5.74) is 0. The number of hydrogen-bond donors (Lipinski definition) is 1. The Balaban J connectivity index is 1.79. The van der Waals surface area contributed by atoms with Crippen LogP contribution in [0.3, 0.4) is 0 Å². The van der Waals surface area contributed by atoms with Crippen LogP contribution >= 0.6 is 11.6 Å². The number of methoxy groups -OCH3 is 1. The van der Waals surface area contributed by atoms with E-state index in [0.29, 0.717) is 30.6 Å². The molecule has 24 heavy (non-hydrogen) atoms. The van der Waals surface area contributed by atoms with E-state index in [2.05, 4.69) is 4.72 Å². The highest BCUT2D eigenvalue weighted by Crippen LogP contribution is 2.44. The SMILES string of the molecule is CCOc1cc(S(=O)(=O)N[C@@H]2[C@@H](COC)[C@H]3OCC[C@@H]23)ccc1Cl. The zero-order chi connectivity index (χ0) is 17.3. The fraction of sp³-hybridized carbons (Fsp3) is 0.625. The molecule has 1 aliphatic heterocycles. The van der Waals surface area contributed by atoms with Crippen LogP contribution < -0.4 is 9.46 Å². The lowest BCUT2D eigenvalue weighted by Crippen LogP contribution is -2.62. The van der Waals surface area contributed by atoms with Gasteiger partial charge in [-0.15, -0.1) is 0 Å². The Hall–Kier alpha value is -0.860. The van der Waals surface area contributed by atoms with E-state index in [1.54, 1.807) is 7.11 Å². The van der Waals surface area contributed by atoms with Crippen molar-refractivity contribution in [2.24, 2.45) is 11.8 Å². The smallest absolute Gasteiger partial charge is 0.240 e. The highest BCUT2D eigenvalue weighted by Gasteiger charge is 2.54. The van der Waals surface area contributed by atoms with E-state index in [4.69, 9.17) is 25.8 Å². The van der Waals surface area contributed by atoms with Gasteiger partial charge in [0.25, 0.3) is 0 Å². The van der Waals surface area contributed by atoms with Crippen LogP contribution in [-0.4, -0.2) is 47.5 Å². The van der Waals surface area contributed by atoms with Gasteiger partial charge in [0.1, 0.15) is 5.75 Å². The van der Waals surface area contributed by atoms with Crippen molar-refractivity contribution in [1.82, 2.24) is 4.72 Å². The third kappa shape index (κ3) is 3.28. The molecule has 0 spiro atoms. The van der Waals surface area contributed by atoms with Crippen molar-refractivity contribution < 1.29 is 22.6 Å². The van der Waals surface area contributed by atoms with Gasteiger partial charge in [-0.25, -0.2) is 13.1 Å². The van der Waals surface area contributed by atoms with Crippen molar-refractivity contribution in [3.05, 3.63) is 23.2 Å². The summed E-state index contributed by atoms with van der Waals surface area (Å²) in [4.78, 5) is 0.147. The largest absolute Gasteiger partial charge is 0.492 e. The second-order valence-electron chi connectivity index (χ2n) is 6.08. The van der Waals surface area contributed by atoms with E-state index in [9.17, 15) is 8.42 Å². The van der Waals surface area contributed by atoms with Crippen LogP contribution in [0, 0.1) is 11.8 Å². The van der Waals surface area contributed by atoms with Crippen LogP contribution in [0.5, 0.6) is 5.75 Å². The summed E-state index contributed by atoms with van der Waals surface area (Å²) in [5.74, 6) is 0.612. The number of sulfonamides is 1. The van der Waals surface area contributed by atoms with Gasteiger partial charge >= 0.3 is 0 Å². The molecule has 6 nitrogen and oxygen atoms in total. The lowest BCUT2D eigenvalue weighted by Gasteiger charge is -2.47. The first-order valence-corrected chi connectivity index (χ1v) is 9.89. The van der Waals surface area contributed by atoms with E-state index < -0.39 is 10.0 Å². The van der Waals surface area contributed by atoms with Crippen LogP contribution in [-0.2, 0) is 19.5 Å². The monoisotopic (exact) mass is 375 g/mol. The molecule has 3 rings (SSSR count).